The van der Waals surface area contributed by atoms with Crippen molar-refractivity contribution < 1.29 is 4.79 Å². The van der Waals surface area contributed by atoms with Crippen molar-refractivity contribution in [2.45, 2.75) is 26.4 Å². The minimum absolute atomic E-state index is 0.0521. The minimum Gasteiger partial charge on any atom is -0.348 e. The summed E-state index contributed by atoms with van der Waals surface area (Å²) in [6.45, 7) is 5.50. The van der Waals surface area contributed by atoms with Gasteiger partial charge in [-0.25, -0.2) is 4.68 Å². The van der Waals surface area contributed by atoms with Crippen molar-refractivity contribution in [2.75, 3.05) is 6.54 Å². The molecule has 0 radical (unpaired) electrons. The topological polar surface area (TPSA) is 43.1 Å². The molecule has 3 heterocycles. The maximum absolute atomic E-state index is 13.5. The first kappa shape index (κ1) is 18.4. The molecule has 1 amide bonds. The van der Waals surface area contributed by atoms with Gasteiger partial charge in [-0.15, -0.1) is 0 Å². The number of hydrogen-bond acceptors (Lipinski definition) is 2. The van der Waals surface area contributed by atoms with E-state index in [1.807, 2.05) is 72.0 Å². The van der Waals surface area contributed by atoms with E-state index in [0.717, 1.165) is 34.9 Å². The number of amides is 1. The fraction of sp³-hybridized carbons (Fsp3) is 0.200. The van der Waals surface area contributed by atoms with Gasteiger partial charge in [0.15, 0.2) is 0 Å². The molecule has 2 aromatic heterocycles. The molecule has 2 aromatic carbocycles. The summed E-state index contributed by atoms with van der Waals surface area (Å²) in [5, 5.41) is 4.53. The van der Waals surface area contributed by atoms with E-state index in [1.54, 1.807) is 0 Å². The van der Waals surface area contributed by atoms with E-state index in [9.17, 15) is 4.79 Å². The molecule has 0 fully saturated rings. The van der Waals surface area contributed by atoms with Crippen molar-refractivity contribution in [3.8, 4) is 5.69 Å². The highest BCUT2D eigenvalue weighted by molar-refractivity contribution is 5.95. The fourth-order valence-corrected chi connectivity index (χ4v) is 4.39. The number of fused-ring (bicyclic) bond motifs is 1. The summed E-state index contributed by atoms with van der Waals surface area (Å²) in [6, 6.07) is 24.2. The average molecular weight is 396 g/mol. The highest BCUT2D eigenvalue weighted by atomic mass is 16.2. The van der Waals surface area contributed by atoms with Crippen LogP contribution in [0.1, 0.15) is 39.0 Å². The van der Waals surface area contributed by atoms with E-state index in [0.29, 0.717) is 12.1 Å². The number of carbonyl (C=O) groups is 1. The van der Waals surface area contributed by atoms with Gasteiger partial charge in [-0.3, -0.25) is 4.79 Å². The highest BCUT2D eigenvalue weighted by Gasteiger charge is 2.32. The molecule has 0 saturated heterocycles. The summed E-state index contributed by atoms with van der Waals surface area (Å²) >= 11 is 0. The number of hydrogen-bond donors (Lipinski definition) is 0. The predicted molar refractivity (Wildman–Crippen MR) is 117 cm³/mol. The van der Waals surface area contributed by atoms with Gasteiger partial charge in [-0.2, -0.15) is 5.10 Å². The largest absolute Gasteiger partial charge is 0.348 e. The Morgan fingerprint density at radius 1 is 0.933 bits per heavy atom. The Morgan fingerprint density at radius 2 is 1.70 bits per heavy atom. The van der Waals surface area contributed by atoms with Crippen LogP contribution in [0, 0.1) is 13.8 Å². The third kappa shape index (κ3) is 3.12. The Bertz CT molecular complexity index is 1190. The maximum Gasteiger partial charge on any atom is 0.254 e. The van der Waals surface area contributed by atoms with Crippen molar-refractivity contribution in [1.29, 1.82) is 0 Å². The second-order valence-electron chi connectivity index (χ2n) is 7.82. The van der Waals surface area contributed by atoms with Crippen LogP contribution in [0.25, 0.3) is 5.69 Å². The quantitative estimate of drug-likeness (QED) is 0.510. The number of aryl methyl sites for hydroxylation is 2. The lowest BCUT2D eigenvalue weighted by Gasteiger charge is -2.37. The van der Waals surface area contributed by atoms with Crippen molar-refractivity contribution in [2.24, 2.45) is 0 Å². The van der Waals surface area contributed by atoms with E-state index in [4.69, 9.17) is 0 Å². The first-order valence-electron chi connectivity index (χ1n) is 10.3. The number of nitrogens with zero attached hydrogens (tertiary/aromatic N) is 4. The van der Waals surface area contributed by atoms with Crippen LogP contribution in [0.15, 0.2) is 79.0 Å². The van der Waals surface area contributed by atoms with Crippen molar-refractivity contribution in [3.05, 3.63) is 107 Å². The molecular formula is C25H24N4O. The number of aromatic nitrogens is 3. The lowest BCUT2D eigenvalue weighted by Crippen LogP contribution is -2.42. The molecule has 30 heavy (non-hydrogen) atoms. The number of carbonyl (C=O) groups excluding carboxylic acids is 1. The Kier molecular flexibility index (Phi) is 4.51. The van der Waals surface area contributed by atoms with Crippen molar-refractivity contribution >= 4 is 5.91 Å². The van der Waals surface area contributed by atoms with Crippen LogP contribution in [0.2, 0.25) is 0 Å². The highest BCUT2D eigenvalue weighted by Crippen LogP contribution is 2.33. The number of rotatable bonds is 3. The van der Waals surface area contributed by atoms with Gasteiger partial charge < -0.3 is 9.47 Å². The van der Waals surface area contributed by atoms with Gasteiger partial charge in [0, 0.05) is 36.2 Å². The molecule has 5 rings (SSSR count). The SMILES string of the molecule is Cc1cc(C)n(-c2ccc(C(=O)N3CCn4cccc4C3c3ccccc3)cc2)n1. The number of benzene rings is 2. The van der Waals surface area contributed by atoms with Crippen LogP contribution < -0.4 is 0 Å². The first-order valence-corrected chi connectivity index (χ1v) is 10.3. The normalized spacial score (nSPS) is 15.8. The molecule has 0 saturated carbocycles. The van der Waals surface area contributed by atoms with Crippen LogP contribution in [0.4, 0.5) is 0 Å². The zero-order valence-corrected chi connectivity index (χ0v) is 17.2. The molecule has 0 N–H and O–H groups in total. The molecule has 0 bridgehead atoms. The van der Waals surface area contributed by atoms with Gasteiger partial charge in [0.1, 0.15) is 0 Å². The Labute approximate surface area is 176 Å². The molecular weight excluding hydrogens is 372 g/mol. The summed E-state index contributed by atoms with van der Waals surface area (Å²) in [5.41, 5.74) is 6.00. The van der Waals surface area contributed by atoms with Crippen LogP contribution in [-0.2, 0) is 6.54 Å². The molecule has 1 atom stereocenters. The smallest absolute Gasteiger partial charge is 0.254 e. The molecule has 5 nitrogen and oxygen atoms in total. The first-order chi connectivity index (χ1) is 14.6. The summed E-state index contributed by atoms with van der Waals surface area (Å²) in [7, 11) is 0. The maximum atomic E-state index is 13.5. The molecule has 150 valence electrons. The summed E-state index contributed by atoms with van der Waals surface area (Å²) in [5.74, 6) is 0.0521. The van der Waals surface area contributed by atoms with Gasteiger partial charge in [0.25, 0.3) is 5.91 Å². The van der Waals surface area contributed by atoms with Crippen molar-refractivity contribution in [1.82, 2.24) is 19.2 Å². The summed E-state index contributed by atoms with van der Waals surface area (Å²) in [6.07, 6.45) is 2.09. The standard InChI is InChI=1S/C25H24N4O/c1-18-17-19(2)29(26-18)22-12-10-21(11-13-22)25(30)28-16-15-27-14-6-9-23(27)24(28)20-7-4-3-5-8-20/h3-14,17,24H,15-16H2,1-2H3. The Morgan fingerprint density at radius 3 is 2.40 bits per heavy atom. The van der Waals surface area contributed by atoms with E-state index in [1.165, 1.54) is 0 Å². The molecule has 0 spiro atoms. The van der Waals surface area contributed by atoms with Gasteiger partial charge in [0.2, 0.25) is 0 Å². The average Bonchev–Trinajstić information content (AvgIpc) is 3.39. The Balaban J connectivity index is 1.48. The van der Waals surface area contributed by atoms with Gasteiger partial charge in [-0.1, -0.05) is 30.3 Å². The third-order valence-corrected chi connectivity index (χ3v) is 5.78. The van der Waals surface area contributed by atoms with E-state index >= 15 is 0 Å². The molecule has 1 aliphatic heterocycles. The zero-order chi connectivity index (χ0) is 20.7. The van der Waals surface area contributed by atoms with Crippen molar-refractivity contribution in [3.63, 3.8) is 0 Å². The summed E-state index contributed by atoms with van der Waals surface area (Å²) < 4.78 is 4.15. The molecule has 5 heteroatoms. The van der Waals surface area contributed by atoms with E-state index < -0.39 is 0 Å². The summed E-state index contributed by atoms with van der Waals surface area (Å²) in [4.78, 5) is 15.5. The van der Waals surface area contributed by atoms with Gasteiger partial charge in [-0.05, 0) is 61.9 Å². The second kappa shape index (κ2) is 7.34. The van der Waals surface area contributed by atoms with E-state index in [-0.39, 0.29) is 11.9 Å². The predicted octanol–water partition coefficient (Wildman–Crippen LogP) is 4.54. The lowest BCUT2D eigenvalue weighted by atomic mass is 9.99. The molecule has 1 aliphatic rings. The fourth-order valence-electron chi connectivity index (χ4n) is 4.39. The second-order valence-corrected chi connectivity index (χ2v) is 7.82. The minimum atomic E-state index is -0.0851. The lowest BCUT2D eigenvalue weighted by molar-refractivity contribution is 0.0664. The molecule has 4 aromatic rings. The van der Waals surface area contributed by atoms with Gasteiger partial charge in [0.05, 0.1) is 17.4 Å². The van der Waals surface area contributed by atoms with E-state index in [2.05, 4.69) is 40.1 Å². The van der Waals surface area contributed by atoms with Crippen LogP contribution in [-0.4, -0.2) is 31.7 Å². The van der Waals surface area contributed by atoms with Crippen LogP contribution >= 0.6 is 0 Å². The van der Waals surface area contributed by atoms with Gasteiger partial charge >= 0.3 is 0 Å². The third-order valence-electron chi connectivity index (χ3n) is 5.78. The van der Waals surface area contributed by atoms with Crippen LogP contribution in [0.5, 0.6) is 0 Å². The Hall–Kier alpha value is -3.60. The zero-order valence-electron chi connectivity index (χ0n) is 17.2. The molecule has 0 aliphatic carbocycles. The van der Waals surface area contributed by atoms with Crippen LogP contribution in [0.3, 0.4) is 0 Å². The molecule has 1 unspecified atom stereocenters. The monoisotopic (exact) mass is 396 g/mol.